The Morgan fingerprint density at radius 2 is 1.90 bits per heavy atom. The first-order valence-electron chi connectivity index (χ1n) is 6.62. The predicted molar refractivity (Wildman–Crippen MR) is 79.6 cm³/mol. The number of alkyl halides is 3. The van der Waals surface area contributed by atoms with Crippen LogP contribution in [0.5, 0.6) is 0 Å². The van der Waals surface area contributed by atoms with Crippen LogP contribution in [0, 0.1) is 0 Å². The lowest BCUT2D eigenvalue weighted by molar-refractivity contribution is -0.137. The van der Waals surface area contributed by atoms with Crippen LogP contribution < -0.4 is 5.32 Å². The molecule has 120 valence electrons. The zero-order valence-electron chi connectivity index (χ0n) is 11.8. The van der Waals surface area contributed by atoms with Crippen LogP contribution in [0.2, 0.25) is 0 Å². The summed E-state index contributed by atoms with van der Waals surface area (Å²) in [4.78, 5) is 0. The number of methoxy groups -OCH3 is 1. The maximum atomic E-state index is 12.9. The molecule has 0 radical (unpaired) electrons. The Hall–Kier alpha value is -0.790. The number of anilines is 1. The molecule has 0 aliphatic carbocycles. The van der Waals surface area contributed by atoms with Gasteiger partial charge < -0.3 is 14.8 Å². The van der Waals surface area contributed by atoms with E-state index in [4.69, 9.17) is 9.47 Å². The highest BCUT2D eigenvalue weighted by Crippen LogP contribution is 2.36. The van der Waals surface area contributed by atoms with Gasteiger partial charge in [-0.15, -0.1) is 0 Å². The number of ether oxygens (including phenoxy) is 2. The molecule has 0 atom stereocenters. The van der Waals surface area contributed by atoms with Crippen molar-refractivity contribution in [3.8, 4) is 0 Å². The molecule has 0 spiro atoms. The zero-order valence-corrected chi connectivity index (χ0v) is 13.4. The molecule has 0 saturated carbocycles. The van der Waals surface area contributed by atoms with Crippen molar-refractivity contribution in [1.29, 1.82) is 0 Å². The van der Waals surface area contributed by atoms with Gasteiger partial charge in [0.25, 0.3) is 0 Å². The molecule has 0 aliphatic rings. The molecule has 0 aromatic heterocycles. The first-order valence-corrected chi connectivity index (χ1v) is 7.41. The van der Waals surface area contributed by atoms with Crippen molar-refractivity contribution >= 4 is 21.6 Å². The first kappa shape index (κ1) is 18.3. The van der Waals surface area contributed by atoms with E-state index in [2.05, 4.69) is 21.2 Å². The molecule has 21 heavy (non-hydrogen) atoms. The minimum absolute atomic E-state index is 0.103. The Balaban J connectivity index is 2.35. The highest BCUT2D eigenvalue weighted by molar-refractivity contribution is 9.10. The van der Waals surface area contributed by atoms with Gasteiger partial charge in [-0.1, -0.05) is 15.9 Å². The third-order valence-corrected chi connectivity index (χ3v) is 3.24. The van der Waals surface area contributed by atoms with Crippen LogP contribution in [0.3, 0.4) is 0 Å². The Kier molecular flexibility index (Phi) is 8.06. The quantitative estimate of drug-likeness (QED) is 0.657. The van der Waals surface area contributed by atoms with Gasteiger partial charge in [0.1, 0.15) is 0 Å². The molecule has 0 aliphatic heterocycles. The Labute approximate surface area is 130 Å². The molecule has 7 heteroatoms. The molecule has 0 saturated heterocycles. The summed E-state index contributed by atoms with van der Waals surface area (Å²) in [7, 11) is 1.60. The lowest BCUT2D eigenvalue weighted by atomic mass is 10.1. The van der Waals surface area contributed by atoms with E-state index in [9.17, 15) is 13.2 Å². The van der Waals surface area contributed by atoms with Crippen LogP contribution in [-0.2, 0) is 15.7 Å². The van der Waals surface area contributed by atoms with Gasteiger partial charge in [-0.25, -0.2) is 0 Å². The molecule has 1 rings (SSSR count). The van der Waals surface area contributed by atoms with E-state index in [1.54, 1.807) is 13.2 Å². The second-order valence-corrected chi connectivity index (χ2v) is 5.34. The van der Waals surface area contributed by atoms with E-state index in [1.165, 1.54) is 6.07 Å². The molecule has 1 N–H and O–H groups in total. The lowest BCUT2D eigenvalue weighted by Crippen LogP contribution is -2.12. The molecular formula is C14H19BrF3NO2. The van der Waals surface area contributed by atoms with E-state index in [0.29, 0.717) is 30.8 Å². The van der Waals surface area contributed by atoms with Gasteiger partial charge in [0.2, 0.25) is 0 Å². The number of benzene rings is 1. The lowest BCUT2D eigenvalue weighted by Gasteiger charge is -2.15. The summed E-state index contributed by atoms with van der Waals surface area (Å²) in [6.07, 6.45) is -2.84. The minimum atomic E-state index is -4.37. The summed E-state index contributed by atoms with van der Waals surface area (Å²) in [5.74, 6) is 0. The third kappa shape index (κ3) is 7.15. The maximum absolute atomic E-state index is 12.9. The van der Waals surface area contributed by atoms with Crippen molar-refractivity contribution < 1.29 is 22.6 Å². The predicted octanol–water partition coefficient (Wildman–Crippen LogP) is 4.32. The van der Waals surface area contributed by atoms with Gasteiger partial charge in [0, 0.05) is 30.4 Å². The van der Waals surface area contributed by atoms with Crippen LogP contribution in [0.25, 0.3) is 0 Å². The van der Waals surface area contributed by atoms with Gasteiger partial charge in [-0.05, 0) is 31.0 Å². The molecule has 0 amide bonds. The molecule has 3 nitrogen and oxygen atoms in total. The monoisotopic (exact) mass is 369 g/mol. The second kappa shape index (κ2) is 9.27. The summed E-state index contributed by atoms with van der Waals surface area (Å²) in [5.41, 5.74) is -0.556. The highest BCUT2D eigenvalue weighted by Gasteiger charge is 2.33. The number of hydrogen-bond donors (Lipinski definition) is 1. The first-order chi connectivity index (χ1) is 9.95. The molecule has 1 aromatic rings. The molecule has 0 bridgehead atoms. The number of rotatable bonds is 9. The summed E-state index contributed by atoms with van der Waals surface area (Å²) < 4.78 is 49.2. The van der Waals surface area contributed by atoms with Gasteiger partial charge in [-0.3, -0.25) is 0 Å². The van der Waals surface area contributed by atoms with Crippen molar-refractivity contribution in [3.05, 3.63) is 28.2 Å². The van der Waals surface area contributed by atoms with E-state index in [-0.39, 0.29) is 5.69 Å². The number of hydrogen-bond acceptors (Lipinski definition) is 3. The Morgan fingerprint density at radius 3 is 2.57 bits per heavy atom. The van der Waals surface area contributed by atoms with Gasteiger partial charge in [0.05, 0.1) is 18.8 Å². The summed E-state index contributed by atoms with van der Waals surface area (Å²) >= 11 is 3.06. The average molecular weight is 370 g/mol. The van der Waals surface area contributed by atoms with E-state index in [1.807, 2.05) is 0 Å². The van der Waals surface area contributed by atoms with Crippen molar-refractivity contribution in [2.24, 2.45) is 0 Å². The van der Waals surface area contributed by atoms with E-state index in [0.717, 1.165) is 18.9 Å². The van der Waals surface area contributed by atoms with Crippen LogP contribution in [0.1, 0.15) is 18.4 Å². The summed E-state index contributed by atoms with van der Waals surface area (Å²) in [6, 6.07) is 4.10. The highest BCUT2D eigenvalue weighted by atomic mass is 79.9. The SMILES string of the molecule is COCCOCCCCNc1ccc(Br)cc1C(F)(F)F. The smallest absolute Gasteiger partial charge is 0.385 e. The fourth-order valence-electron chi connectivity index (χ4n) is 1.70. The summed E-state index contributed by atoms with van der Waals surface area (Å²) in [6.45, 7) is 2.14. The van der Waals surface area contributed by atoms with E-state index < -0.39 is 11.7 Å². The molecular weight excluding hydrogens is 351 g/mol. The molecule has 1 aromatic carbocycles. The van der Waals surface area contributed by atoms with Gasteiger partial charge >= 0.3 is 6.18 Å². The zero-order chi connectivity index (χ0) is 15.7. The van der Waals surface area contributed by atoms with E-state index >= 15 is 0 Å². The van der Waals surface area contributed by atoms with Crippen LogP contribution in [0.15, 0.2) is 22.7 Å². The van der Waals surface area contributed by atoms with Gasteiger partial charge in [0.15, 0.2) is 0 Å². The Morgan fingerprint density at radius 1 is 1.14 bits per heavy atom. The van der Waals surface area contributed by atoms with Crippen molar-refractivity contribution in [2.75, 3.05) is 38.8 Å². The van der Waals surface area contributed by atoms with Crippen molar-refractivity contribution in [1.82, 2.24) is 0 Å². The van der Waals surface area contributed by atoms with Crippen molar-refractivity contribution in [3.63, 3.8) is 0 Å². The van der Waals surface area contributed by atoms with Crippen LogP contribution >= 0.6 is 15.9 Å². The van der Waals surface area contributed by atoms with Crippen molar-refractivity contribution in [2.45, 2.75) is 19.0 Å². The summed E-state index contributed by atoms with van der Waals surface area (Å²) in [5, 5.41) is 2.83. The van der Waals surface area contributed by atoms with Crippen LogP contribution in [0.4, 0.5) is 18.9 Å². The number of halogens is 4. The maximum Gasteiger partial charge on any atom is 0.418 e. The molecule has 0 fully saturated rings. The number of nitrogens with one attached hydrogen (secondary N) is 1. The topological polar surface area (TPSA) is 30.5 Å². The second-order valence-electron chi connectivity index (χ2n) is 4.43. The van der Waals surface area contributed by atoms with Gasteiger partial charge in [-0.2, -0.15) is 13.2 Å². The number of unbranched alkanes of at least 4 members (excludes halogenated alkanes) is 1. The normalized spacial score (nSPS) is 11.7. The Bertz CT molecular complexity index is 427. The van der Waals surface area contributed by atoms with Crippen LogP contribution in [-0.4, -0.2) is 33.5 Å². The third-order valence-electron chi connectivity index (χ3n) is 2.75. The average Bonchev–Trinajstić information content (AvgIpc) is 2.42. The molecule has 0 heterocycles. The fourth-order valence-corrected chi connectivity index (χ4v) is 2.06. The largest absolute Gasteiger partial charge is 0.418 e. The molecule has 0 unspecified atom stereocenters. The fraction of sp³-hybridized carbons (Fsp3) is 0.571. The minimum Gasteiger partial charge on any atom is -0.385 e. The standard InChI is InChI=1S/C14H19BrF3NO2/c1-20-8-9-21-7-3-2-6-19-13-5-4-11(15)10-12(13)14(16,17)18/h4-5,10,19H,2-3,6-9H2,1H3.